The second-order valence-electron chi connectivity index (χ2n) is 6.34. The average molecular weight is 436 g/mol. The van der Waals surface area contributed by atoms with Crippen molar-refractivity contribution in [1.82, 2.24) is 9.21 Å². The van der Waals surface area contributed by atoms with Crippen LogP contribution < -0.4 is 0 Å². The Kier molecular flexibility index (Phi) is 6.31. The number of piperazine rings is 1. The second kappa shape index (κ2) is 8.73. The quantitative estimate of drug-likeness (QED) is 0.408. The number of carbonyl (C=O) groups is 1. The zero-order valence-corrected chi connectivity index (χ0v) is 16.8. The summed E-state index contributed by atoms with van der Waals surface area (Å²) in [7, 11) is -4.03. The summed E-state index contributed by atoms with van der Waals surface area (Å²) in [6.07, 6.45) is 3.06. The molecule has 1 aliphatic heterocycles. The molecule has 152 valence electrons. The summed E-state index contributed by atoms with van der Waals surface area (Å²) in [6.45, 7) is 0.507. The predicted octanol–water partition coefficient (Wildman–Crippen LogP) is 2.79. The number of hydrogen-bond donors (Lipinski definition) is 0. The van der Waals surface area contributed by atoms with Crippen LogP contribution in [-0.2, 0) is 14.8 Å². The lowest BCUT2D eigenvalue weighted by Crippen LogP contribution is -2.50. The molecular formula is C19H18ClN3O5S. The van der Waals surface area contributed by atoms with E-state index >= 15 is 0 Å². The van der Waals surface area contributed by atoms with E-state index in [9.17, 15) is 23.3 Å². The Balaban J connectivity index is 1.67. The molecule has 29 heavy (non-hydrogen) atoms. The van der Waals surface area contributed by atoms with Crippen molar-refractivity contribution in [3.8, 4) is 0 Å². The van der Waals surface area contributed by atoms with Crippen molar-refractivity contribution in [2.45, 2.75) is 4.90 Å². The van der Waals surface area contributed by atoms with Crippen LogP contribution in [0.4, 0.5) is 5.69 Å². The van der Waals surface area contributed by atoms with Crippen molar-refractivity contribution in [2.24, 2.45) is 0 Å². The fourth-order valence-electron chi connectivity index (χ4n) is 3.00. The van der Waals surface area contributed by atoms with Crippen LogP contribution >= 0.6 is 11.6 Å². The summed E-state index contributed by atoms with van der Waals surface area (Å²) in [5.41, 5.74) is 0.318. The Labute approximate surface area is 173 Å². The lowest BCUT2D eigenvalue weighted by Gasteiger charge is -2.33. The van der Waals surface area contributed by atoms with Gasteiger partial charge in [0.05, 0.1) is 4.92 Å². The van der Waals surface area contributed by atoms with Crippen LogP contribution in [0.5, 0.6) is 0 Å². The van der Waals surface area contributed by atoms with E-state index in [2.05, 4.69) is 0 Å². The summed E-state index contributed by atoms with van der Waals surface area (Å²) >= 11 is 5.92. The highest BCUT2D eigenvalue weighted by molar-refractivity contribution is 7.89. The highest BCUT2D eigenvalue weighted by atomic mass is 35.5. The van der Waals surface area contributed by atoms with Crippen LogP contribution in [0.1, 0.15) is 5.56 Å². The molecule has 0 spiro atoms. The molecule has 0 radical (unpaired) electrons. The highest BCUT2D eigenvalue weighted by Gasteiger charge is 2.34. The van der Waals surface area contributed by atoms with Crippen LogP contribution in [0.15, 0.2) is 59.5 Å². The van der Waals surface area contributed by atoms with Crippen LogP contribution in [0.25, 0.3) is 6.08 Å². The summed E-state index contributed by atoms with van der Waals surface area (Å²) in [5, 5.41) is 11.7. The number of sulfonamides is 1. The Morgan fingerprint density at radius 1 is 1.07 bits per heavy atom. The van der Waals surface area contributed by atoms with E-state index in [4.69, 9.17) is 11.6 Å². The normalized spacial score (nSPS) is 15.6. The maximum Gasteiger partial charge on any atom is 0.289 e. The van der Waals surface area contributed by atoms with Gasteiger partial charge < -0.3 is 4.90 Å². The molecule has 8 nitrogen and oxygen atoms in total. The van der Waals surface area contributed by atoms with Gasteiger partial charge in [0.1, 0.15) is 0 Å². The Hall–Kier alpha value is -2.75. The highest BCUT2D eigenvalue weighted by Crippen LogP contribution is 2.27. The average Bonchev–Trinajstić information content (AvgIpc) is 2.72. The van der Waals surface area contributed by atoms with E-state index in [1.54, 1.807) is 24.3 Å². The lowest BCUT2D eigenvalue weighted by atomic mass is 10.2. The Bertz CT molecular complexity index is 1060. The van der Waals surface area contributed by atoms with Gasteiger partial charge in [-0.1, -0.05) is 35.9 Å². The van der Waals surface area contributed by atoms with Gasteiger partial charge in [0.25, 0.3) is 5.69 Å². The van der Waals surface area contributed by atoms with Crippen molar-refractivity contribution < 1.29 is 18.1 Å². The Morgan fingerprint density at radius 3 is 2.41 bits per heavy atom. The number of amides is 1. The molecule has 3 rings (SSSR count). The van der Waals surface area contributed by atoms with Crippen LogP contribution in [-0.4, -0.2) is 54.6 Å². The fourth-order valence-corrected chi connectivity index (χ4v) is 4.78. The van der Waals surface area contributed by atoms with Gasteiger partial charge in [-0.3, -0.25) is 14.9 Å². The minimum Gasteiger partial charge on any atom is -0.337 e. The fraction of sp³-hybridized carbons (Fsp3) is 0.211. The largest absolute Gasteiger partial charge is 0.337 e. The lowest BCUT2D eigenvalue weighted by molar-refractivity contribution is -0.387. The third-order valence-electron chi connectivity index (χ3n) is 4.50. The number of hydrogen-bond acceptors (Lipinski definition) is 5. The molecule has 0 unspecified atom stereocenters. The Morgan fingerprint density at radius 2 is 1.76 bits per heavy atom. The van der Waals surface area contributed by atoms with Gasteiger partial charge in [-0.05, 0) is 29.8 Å². The van der Waals surface area contributed by atoms with Gasteiger partial charge in [-0.25, -0.2) is 8.42 Å². The first kappa shape index (κ1) is 21.0. The molecule has 0 aromatic heterocycles. The minimum absolute atomic E-state index is 0.0606. The van der Waals surface area contributed by atoms with Crippen molar-refractivity contribution in [3.63, 3.8) is 0 Å². The summed E-state index contributed by atoms with van der Waals surface area (Å²) in [6, 6.07) is 12.3. The van der Waals surface area contributed by atoms with Gasteiger partial charge in [-0.2, -0.15) is 4.31 Å². The van der Waals surface area contributed by atoms with E-state index in [1.165, 1.54) is 33.5 Å². The summed E-state index contributed by atoms with van der Waals surface area (Å²) < 4.78 is 26.8. The molecule has 2 aromatic rings. The molecule has 1 saturated heterocycles. The first-order chi connectivity index (χ1) is 13.8. The zero-order chi connectivity index (χ0) is 21.0. The van der Waals surface area contributed by atoms with Crippen molar-refractivity contribution in [1.29, 1.82) is 0 Å². The summed E-state index contributed by atoms with van der Waals surface area (Å²) in [4.78, 5) is 24.0. The number of para-hydroxylation sites is 1. The van der Waals surface area contributed by atoms with Crippen LogP contribution in [0.2, 0.25) is 5.02 Å². The molecule has 0 saturated carbocycles. The number of benzene rings is 2. The monoisotopic (exact) mass is 435 g/mol. The predicted molar refractivity (Wildman–Crippen MR) is 109 cm³/mol. The van der Waals surface area contributed by atoms with E-state index < -0.39 is 20.6 Å². The van der Waals surface area contributed by atoms with E-state index in [0.29, 0.717) is 5.02 Å². The molecule has 1 aliphatic rings. The first-order valence-electron chi connectivity index (χ1n) is 8.75. The van der Waals surface area contributed by atoms with E-state index in [1.807, 2.05) is 6.07 Å². The van der Waals surface area contributed by atoms with Crippen LogP contribution in [0.3, 0.4) is 0 Å². The number of halogens is 1. The zero-order valence-electron chi connectivity index (χ0n) is 15.3. The molecule has 0 N–H and O–H groups in total. The van der Waals surface area contributed by atoms with E-state index in [0.717, 1.165) is 11.6 Å². The van der Waals surface area contributed by atoms with Crippen molar-refractivity contribution >= 4 is 39.3 Å². The minimum atomic E-state index is -4.03. The third-order valence-corrected chi connectivity index (χ3v) is 6.68. The molecule has 1 heterocycles. The van der Waals surface area contributed by atoms with Gasteiger partial charge in [-0.15, -0.1) is 0 Å². The second-order valence-corrected chi connectivity index (χ2v) is 8.69. The standard InChI is InChI=1S/C19H18ClN3O5S/c20-16-5-3-4-15(14-16)8-9-19(24)21-10-12-22(13-11-21)29(27,28)18-7-2-1-6-17(18)23(25)26/h1-9,14H,10-13H2/b9-8+. The molecule has 1 fully saturated rings. The maximum atomic E-state index is 12.8. The molecule has 0 atom stereocenters. The number of rotatable bonds is 5. The maximum absolute atomic E-state index is 12.8. The first-order valence-corrected chi connectivity index (χ1v) is 10.6. The smallest absolute Gasteiger partial charge is 0.289 e. The number of nitrogens with zero attached hydrogens (tertiary/aromatic N) is 3. The topological polar surface area (TPSA) is 101 Å². The van der Waals surface area contributed by atoms with E-state index in [-0.39, 0.29) is 37.0 Å². The number of carbonyl (C=O) groups excluding carboxylic acids is 1. The SMILES string of the molecule is O=C(/C=C/c1cccc(Cl)c1)N1CCN(S(=O)(=O)c2ccccc2[N+](=O)[O-])CC1. The van der Waals surface area contributed by atoms with Crippen molar-refractivity contribution in [3.05, 3.63) is 75.3 Å². The van der Waals surface area contributed by atoms with Gasteiger partial charge in [0, 0.05) is 43.3 Å². The molecule has 0 aliphatic carbocycles. The third kappa shape index (κ3) is 4.81. The number of nitro benzene ring substituents is 1. The molecule has 10 heteroatoms. The molecule has 1 amide bonds. The molecular weight excluding hydrogens is 418 g/mol. The van der Waals surface area contributed by atoms with Crippen molar-refractivity contribution in [2.75, 3.05) is 26.2 Å². The van der Waals surface area contributed by atoms with Gasteiger partial charge in [0.2, 0.25) is 15.9 Å². The number of nitro groups is 1. The van der Waals surface area contributed by atoms with Gasteiger partial charge >= 0.3 is 0 Å². The summed E-state index contributed by atoms with van der Waals surface area (Å²) in [5.74, 6) is -0.243. The van der Waals surface area contributed by atoms with Gasteiger partial charge in [0.15, 0.2) is 4.90 Å². The van der Waals surface area contributed by atoms with Crippen LogP contribution in [0, 0.1) is 10.1 Å². The molecule has 0 bridgehead atoms. The molecule has 2 aromatic carbocycles.